The van der Waals surface area contributed by atoms with Crippen molar-refractivity contribution in [3.05, 3.63) is 28.7 Å². The van der Waals surface area contributed by atoms with Crippen LogP contribution in [0.2, 0.25) is 0 Å². The SMILES string of the molecule is CC(COc1ccc(Br)cc1)CN1CCNCC1. The third-order valence-corrected chi connectivity index (χ3v) is 3.66. The first-order chi connectivity index (χ1) is 8.74. The summed E-state index contributed by atoms with van der Waals surface area (Å²) in [5, 5.41) is 3.37. The average Bonchev–Trinajstić information content (AvgIpc) is 2.39. The van der Waals surface area contributed by atoms with Crippen molar-refractivity contribution in [3.63, 3.8) is 0 Å². The van der Waals surface area contributed by atoms with Crippen molar-refractivity contribution < 1.29 is 4.74 Å². The first-order valence-electron chi connectivity index (χ1n) is 6.55. The number of benzene rings is 1. The zero-order valence-electron chi connectivity index (χ0n) is 10.9. The monoisotopic (exact) mass is 312 g/mol. The first-order valence-corrected chi connectivity index (χ1v) is 7.35. The van der Waals surface area contributed by atoms with Crippen LogP contribution in [0.1, 0.15) is 6.92 Å². The maximum absolute atomic E-state index is 5.80. The van der Waals surface area contributed by atoms with Crippen LogP contribution in [0.5, 0.6) is 5.75 Å². The van der Waals surface area contributed by atoms with Gasteiger partial charge in [0, 0.05) is 43.1 Å². The number of piperazine rings is 1. The van der Waals surface area contributed by atoms with Crippen molar-refractivity contribution >= 4 is 15.9 Å². The smallest absolute Gasteiger partial charge is 0.119 e. The van der Waals surface area contributed by atoms with E-state index in [1.165, 1.54) is 0 Å². The van der Waals surface area contributed by atoms with E-state index in [1.54, 1.807) is 0 Å². The minimum Gasteiger partial charge on any atom is -0.493 e. The molecule has 1 aromatic rings. The molecule has 0 bridgehead atoms. The molecule has 1 aromatic carbocycles. The largest absolute Gasteiger partial charge is 0.493 e. The maximum Gasteiger partial charge on any atom is 0.119 e. The Kier molecular flexibility index (Phi) is 5.47. The Morgan fingerprint density at radius 1 is 1.28 bits per heavy atom. The number of hydrogen-bond acceptors (Lipinski definition) is 3. The highest BCUT2D eigenvalue weighted by Crippen LogP contribution is 2.16. The third-order valence-electron chi connectivity index (χ3n) is 3.13. The minimum atomic E-state index is 0.562. The summed E-state index contributed by atoms with van der Waals surface area (Å²) in [5.74, 6) is 1.51. The highest BCUT2D eigenvalue weighted by molar-refractivity contribution is 9.10. The number of rotatable bonds is 5. The van der Waals surface area contributed by atoms with Gasteiger partial charge in [0.1, 0.15) is 5.75 Å². The molecule has 0 amide bonds. The van der Waals surface area contributed by atoms with E-state index in [0.717, 1.165) is 49.6 Å². The fourth-order valence-corrected chi connectivity index (χ4v) is 2.42. The predicted octanol–water partition coefficient (Wildman–Crippen LogP) is 2.37. The maximum atomic E-state index is 5.80. The predicted molar refractivity (Wildman–Crippen MR) is 78.1 cm³/mol. The van der Waals surface area contributed by atoms with Crippen molar-refractivity contribution in [1.29, 1.82) is 0 Å². The fourth-order valence-electron chi connectivity index (χ4n) is 2.16. The van der Waals surface area contributed by atoms with E-state index in [9.17, 15) is 0 Å². The molecule has 0 saturated carbocycles. The van der Waals surface area contributed by atoms with Crippen molar-refractivity contribution in [1.82, 2.24) is 10.2 Å². The Labute approximate surface area is 118 Å². The van der Waals surface area contributed by atoms with E-state index < -0.39 is 0 Å². The normalized spacial score (nSPS) is 18.6. The molecule has 0 aliphatic carbocycles. The van der Waals surface area contributed by atoms with E-state index in [0.29, 0.717) is 5.92 Å². The Bertz CT molecular complexity index is 349. The Hall–Kier alpha value is -0.580. The molecule has 1 aliphatic rings. The van der Waals surface area contributed by atoms with E-state index in [-0.39, 0.29) is 0 Å². The van der Waals surface area contributed by atoms with Gasteiger partial charge in [0.05, 0.1) is 6.61 Å². The molecule has 0 aromatic heterocycles. The lowest BCUT2D eigenvalue weighted by atomic mass is 10.1. The lowest BCUT2D eigenvalue weighted by molar-refractivity contribution is 0.171. The number of ether oxygens (including phenoxy) is 1. The second kappa shape index (κ2) is 7.12. The van der Waals surface area contributed by atoms with Crippen LogP contribution in [-0.2, 0) is 0 Å². The quantitative estimate of drug-likeness (QED) is 0.903. The fraction of sp³-hybridized carbons (Fsp3) is 0.571. The van der Waals surface area contributed by atoms with Gasteiger partial charge in [-0.05, 0) is 24.3 Å². The molecule has 3 nitrogen and oxygen atoms in total. The van der Waals surface area contributed by atoms with Gasteiger partial charge in [-0.15, -0.1) is 0 Å². The summed E-state index contributed by atoms with van der Waals surface area (Å²) in [5.41, 5.74) is 0. The van der Waals surface area contributed by atoms with Crippen molar-refractivity contribution in [2.45, 2.75) is 6.92 Å². The van der Waals surface area contributed by atoms with Crippen LogP contribution >= 0.6 is 15.9 Å². The average molecular weight is 313 g/mol. The molecule has 1 fully saturated rings. The molecule has 2 rings (SSSR count). The number of hydrogen-bond donors (Lipinski definition) is 1. The van der Waals surface area contributed by atoms with Crippen LogP contribution < -0.4 is 10.1 Å². The first kappa shape index (κ1) is 13.8. The van der Waals surface area contributed by atoms with Gasteiger partial charge in [0.25, 0.3) is 0 Å². The molecule has 1 saturated heterocycles. The van der Waals surface area contributed by atoms with Gasteiger partial charge in [-0.25, -0.2) is 0 Å². The van der Waals surface area contributed by atoms with E-state index in [1.807, 2.05) is 24.3 Å². The molecule has 1 atom stereocenters. The van der Waals surface area contributed by atoms with Gasteiger partial charge in [0.2, 0.25) is 0 Å². The Balaban J connectivity index is 1.70. The van der Waals surface area contributed by atoms with Gasteiger partial charge in [-0.1, -0.05) is 22.9 Å². The summed E-state index contributed by atoms with van der Waals surface area (Å²) >= 11 is 3.42. The van der Waals surface area contributed by atoms with Crippen molar-refractivity contribution in [2.24, 2.45) is 5.92 Å². The number of nitrogens with one attached hydrogen (secondary N) is 1. The summed E-state index contributed by atoms with van der Waals surface area (Å²) in [6, 6.07) is 8.02. The molecule has 1 aliphatic heterocycles. The number of halogens is 1. The van der Waals surface area contributed by atoms with Gasteiger partial charge >= 0.3 is 0 Å². The zero-order valence-corrected chi connectivity index (χ0v) is 12.4. The van der Waals surface area contributed by atoms with Crippen LogP contribution in [-0.4, -0.2) is 44.2 Å². The van der Waals surface area contributed by atoms with E-state index in [2.05, 4.69) is 33.1 Å². The van der Waals surface area contributed by atoms with E-state index in [4.69, 9.17) is 4.74 Å². The third kappa shape index (κ3) is 4.59. The topological polar surface area (TPSA) is 24.5 Å². The van der Waals surface area contributed by atoms with Crippen LogP contribution in [0.25, 0.3) is 0 Å². The second-order valence-corrected chi connectivity index (χ2v) is 5.84. The minimum absolute atomic E-state index is 0.562. The summed E-state index contributed by atoms with van der Waals surface area (Å²) in [4.78, 5) is 2.51. The molecule has 1 heterocycles. The van der Waals surface area contributed by atoms with Crippen LogP contribution in [0.4, 0.5) is 0 Å². The summed E-state index contributed by atoms with van der Waals surface area (Å²) < 4.78 is 6.89. The van der Waals surface area contributed by atoms with E-state index >= 15 is 0 Å². The van der Waals surface area contributed by atoms with Crippen LogP contribution in [0.15, 0.2) is 28.7 Å². The molecule has 0 radical (unpaired) electrons. The zero-order chi connectivity index (χ0) is 12.8. The van der Waals surface area contributed by atoms with Crippen LogP contribution in [0, 0.1) is 5.92 Å². The molecular formula is C14H21BrN2O. The lowest BCUT2D eigenvalue weighted by Crippen LogP contribution is -2.45. The summed E-state index contributed by atoms with van der Waals surface area (Å²) in [6.07, 6.45) is 0. The Morgan fingerprint density at radius 2 is 1.94 bits per heavy atom. The Morgan fingerprint density at radius 3 is 2.61 bits per heavy atom. The van der Waals surface area contributed by atoms with Gasteiger partial charge in [-0.2, -0.15) is 0 Å². The summed E-state index contributed by atoms with van der Waals surface area (Å²) in [7, 11) is 0. The highest BCUT2D eigenvalue weighted by atomic mass is 79.9. The molecule has 1 N–H and O–H groups in total. The number of nitrogens with zero attached hydrogens (tertiary/aromatic N) is 1. The molecule has 18 heavy (non-hydrogen) atoms. The van der Waals surface area contributed by atoms with Gasteiger partial charge in [-0.3, -0.25) is 0 Å². The highest BCUT2D eigenvalue weighted by Gasteiger charge is 2.13. The van der Waals surface area contributed by atoms with Gasteiger partial charge in [0.15, 0.2) is 0 Å². The van der Waals surface area contributed by atoms with Crippen molar-refractivity contribution in [2.75, 3.05) is 39.3 Å². The molecule has 1 unspecified atom stereocenters. The van der Waals surface area contributed by atoms with Crippen LogP contribution in [0.3, 0.4) is 0 Å². The van der Waals surface area contributed by atoms with Gasteiger partial charge < -0.3 is 15.0 Å². The molecule has 100 valence electrons. The molecule has 0 spiro atoms. The molecule has 4 heteroatoms. The molecular weight excluding hydrogens is 292 g/mol. The standard InChI is InChI=1S/C14H21BrN2O/c1-12(10-17-8-6-16-7-9-17)11-18-14-4-2-13(15)3-5-14/h2-5,12,16H,6-11H2,1H3. The second-order valence-electron chi connectivity index (χ2n) is 4.92. The lowest BCUT2D eigenvalue weighted by Gasteiger charge is -2.29. The summed E-state index contributed by atoms with van der Waals surface area (Å²) in [6.45, 7) is 8.69. The van der Waals surface area contributed by atoms with Crippen molar-refractivity contribution in [3.8, 4) is 5.75 Å².